The number of halogens is 2. The molecule has 0 saturated carbocycles. The van der Waals surface area contributed by atoms with Crippen LogP contribution >= 0.6 is 23.2 Å². The van der Waals surface area contributed by atoms with Crippen LogP contribution in [0.3, 0.4) is 0 Å². The Balaban J connectivity index is 2.27. The van der Waals surface area contributed by atoms with Crippen molar-refractivity contribution in [2.45, 2.75) is 26.3 Å². The van der Waals surface area contributed by atoms with Crippen LogP contribution in [-0.4, -0.2) is 35.4 Å². The molecule has 1 fully saturated rings. The highest BCUT2D eigenvalue weighted by atomic mass is 35.5. The number of methoxy groups -OCH3 is 1. The molecule has 7 heteroatoms. The number of ether oxygens (including phenoxy) is 1. The van der Waals surface area contributed by atoms with Crippen LogP contribution in [0.2, 0.25) is 10.0 Å². The molecular weight excluding hydrogens is 413 g/mol. The number of rotatable bonds is 5. The van der Waals surface area contributed by atoms with Crippen molar-refractivity contribution in [2.24, 2.45) is 0 Å². The second-order valence-electron chi connectivity index (χ2n) is 6.87. The molecule has 2 aromatic carbocycles. The van der Waals surface area contributed by atoms with E-state index in [0.29, 0.717) is 39.9 Å². The summed E-state index contributed by atoms with van der Waals surface area (Å²) in [5, 5.41) is 11.8. The van der Waals surface area contributed by atoms with Gasteiger partial charge in [0.1, 0.15) is 11.5 Å². The molecule has 0 spiro atoms. The predicted octanol–water partition coefficient (Wildman–Crippen LogP) is 5.14. The van der Waals surface area contributed by atoms with E-state index < -0.39 is 17.7 Å². The number of aliphatic hydroxyl groups is 1. The molecule has 3 rings (SSSR count). The maximum Gasteiger partial charge on any atom is 0.295 e. The Bertz CT molecular complexity index is 1020. The van der Waals surface area contributed by atoms with Gasteiger partial charge in [-0.15, -0.1) is 0 Å². The fourth-order valence-electron chi connectivity index (χ4n) is 3.53. The van der Waals surface area contributed by atoms with Crippen LogP contribution in [0, 0.1) is 6.92 Å². The molecule has 1 atom stereocenters. The van der Waals surface area contributed by atoms with Gasteiger partial charge in [-0.3, -0.25) is 9.59 Å². The zero-order valence-corrected chi connectivity index (χ0v) is 17.8. The van der Waals surface area contributed by atoms with Crippen LogP contribution < -0.4 is 4.74 Å². The first-order chi connectivity index (χ1) is 13.8. The lowest BCUT2D eigenvalue weighted by atomic mass is 9.94. The van der Waals surface area contributed by atoms with Gasteiger partial charge < -0.3 is 14.7 Å². The zero-order chi connectivity index (χ0) is 21.3. The number of nitrogens with zero attached hydrogens (tertiary/aromatic N) is 1. The number of benzene rings is 2. The first-order valence-electron chi connectivity index (χ1n) is 9.18. The minimum atomic E-state index is -0.769. The minimum Gasteiger partial charge on any atom is -0.507 e. The molecule has 1 unspecified atom stereocenters. The van der Waals surface area contributed by atoms with Gasteiger partial charge in [-0.1, -0.05) is 47.8 Å². The van der Waals surface area contributed by atoms with Crippen molar-refractivity contribution in [3.05, 3.63) is 68.7 Å². The quantitative estimate of drug-likeness (QED) is 0.402. The fraction of sp³-hybridized carbons (Fsp3) is 0.273. The SMILES string of the molecule is CCCN1C(=O)C(=O)/C(=C(/O)c2cc(C)ccc2OC)C1c1ccc(Cl)c(Cl)c1. The van der Waals surface area contributed by atoms with Crippen LogP contribution in [0.1, 0.15) is 36.1 Å². The normalized spacial score (nSPS) is 18.4. The summed E-state index contributed by atoms with van der Waals surface area (Å²) in [6.07, 6.45) is 0.651. The average Bonchev–Trinajstić information content (AvgIpc) is 2.95. The van der Waals surface area contributed by atoms with E-state index in [0.717, 1.165) is 5.56 Å². The highest BCUT2D eigenvalue weighted by Gasteiger charge is 2.46. The van der Waals surface area contributed by atoms with Gasteiger partial charge >= 0.3 is 0 Å². The number of aliphatic hydroxyl groups excluding tert-OH is 1. The second-order valence-corrected chi connectivity index (χ2v) is 7.68. The van der Waals surface area contributed by atoms with Gasteiger partial charge in [0.15, 0.2) is 0 Å². The number of likely N-dealkylation sites (tertiary alicyclic amines) is 1. The Morgan fingerprint density at radius 1 is 1.14 bits per heavy atom. The molecule has 1 N–H and O–H groups in total. The van der Waals surface area contributed by atoms with Crippen molar-refractivity contribution in [2.75, 3.05) is 13.7 Å². The molecule has 29 heavy (non-hydrogen) atoms. The smallest absolute Gasteiger partial charge is 0.295 e. The van der Waals surface area contributed by atoms with E-state index in [2.05, 4.69) is 0 Å². The van der Waals surface area contributed by atoms with E-state index in [-0.39, 0.29) is 11.3 Å². The maximum atomic E-state index is 12.9. The Kier molecular flexibility index (Phi) is 6.20. The Morgan fingerprint density at radius 2 is 1.86 bits per heavy atom. The monoisotopic (exact) mass is 433 g/mol. The van der Waals surface area contributed by atoms with Gasteiger partial charge in [0.05, 0.1) is 34.3 Å². The van der Waals surface area contributed by atoms with Crippen LogP contribution in [-0.2, 0) is 9.59 Å². The second kappa shape index (κ2) is 8.47. The van der Waals surface area contributed by atoms with E-state index in [1.165, 1.54) is 12.0 Å². The highest BCUT2D eigenvalue weighted by molar-refractivity contribution is 6.47. The summed E-state index contributed by atoms with van der Waals surface area (Å²) < 4.78 is 5.35. The fourth-order valence-corrected chi connectivity index (χ4v) is 3.84. The molecule has 1 aliphatic heterocycles. The Labute approximate surface area is 179 Å². The number of hydrogen-bond acceptors (Lipinski definition) is 4. The number of Topliss-reactive ketones (excluding diaryl/α,β-unsaturated/α-hetero) is 1. The number of hydrogen-bond donors (Lipinski definition) is 1. The summed E-state index contributed by atoms with van der Waals surface area (Å²) in [5.41, 5.74) is 1.83. The summed E-state index contributed by atoms with van der Waals surface area (Å²) in [4.78, 5) is 27.1. The Morgan fingerprint density at radius 3 is 2.48 bits per heavy atom. The van der Waals surface area contributed by atoms with Gasteiger partial charge in [0.2, 0.25) is 0 Å². The zero-order valence-electron chi connectivity index (χ0n) is 16.3. The third-order valence-corrected chi connectivity index (χ3v) is 5.61. The number of carbonyl (C=O) groups excluding carboxylic acids is 2. The van der Waals surface area contributed by atoms with Gasteiger partial charge in [-0.2, -0.15) is 0 Å². The van der Waals surface area contributed by atoms with Gasteiger partial charge in [0.25, 0.3) is 11.7 Å². The molecule has 1 saturated heterocycles. The third-order valence-electron chi connectivity index (χ3n) is 4.87. The lowest BCUT2D eigenvalue weighted by molar-refractivity contribution is -0.139. The summed E-state index contributed by atoms with van der Waals surface area (Å²) in [6, 6.07) is 9.42. The lowest BCUT2D eigenvalue weighted by Crippen LogP contribution is -2.30. The molecule has 0 bridgehead atoms. The summed E-state index contributed by atoms with van der Waals surface area (Å²) in [5.74, 6) is -1.27. The van der Waals surface area contributed by atoms with Crippen molar-refractivity contribution >= 4 is 40.7 Å². The van der Waals surface area contributed by atoms with E-state index in [1.807, 2.05) is 19.9 Å². The average molecular weight is 434 g/mol. The minimum absolute atomic E-state index is 0.00531. The van der Waals surface area contributed by atoms with Crippen molar-refractivity contribution < 1.29 is 19.4 Å². The molecule has 0 aromatic heterocycles. The summed E-state index contributed by atoms with van der Waals surface area (Å²) in [7, 11) is 1.48. The molecular formula is C22H21Cl2NO4. The highest BCUT2D eigenvalue weighted by Crippen LogP contribution is 2.42. The Hall–Kier alpha value is -2.50. The standard InChI is InChI=1S/C22H21Cl2NO4/c1-4-9-25-19(13-6-7-15(23)16(24)11-13)18(21(27)22(25)28)20(26)14-10-12(2)5-8-17(14)29-3/h5-8,10-11,19,26H,4,9H2,1-3H3/b20-18+. The molecule has 1 heterocycles. The van der Waals surface area contributed by atoms with Gasteiger partial charge in [-0.05, 0) is 43.2 Å². The number of amides is 1. The van der Waals surface area contributed by atoms with E-state index in [9.17, 15) is 14.7 Å². The largest absolute Gasteiger partial charge is 0.507 e. The van der Waals surface area contributed by atoms with E-state index in [1.54, 1.807) is 30.3 Å². The first-order valence-corrected chi connectivity index (χ1v) is 9.94. The van der Waals surface area contributed by atoms with Crippen LogP contribution in [0.15, 0.2) is 42.0 Å². The van der Waals surface area contributed by atoms with E-state index in [4.69, 9.17) is 27.9 Å². The molecule has 1 aliphatic rings. The van der Waals surface area contributed by atoms with Gasteiger partial charge in [-0.25, -0.2) is 0 Å². The van der Waals surface area contributed by atoms with Crippen molar-refractivity contribution in [3.8, 4) is 5.75 Å². The number of ketones is 1. The summed E-state index contributed by atoms with van der Waals surface area (Å²) in [6.45, 7) is 4.13. The maximum absolute atomic E-state index is 12.9. The van der Waals surface area contributed by atoms with E-state index >= 15 is 0 Å². The topological polar surface area (TPSA) is 66.8 Å². The van der Waals surface area contributed by atoms with Crippen molar-refractivity contribution in [1.82, 2.24) is 4.90 Å². The first kappa shape index (κ1) is 21.2. The predicted molar refractivity (Wildman–Crippen MR) is 113 cm³/mol. The van der Waals surface area contributed by atoms with Crippen LogP contribution in [0.4, 0.5) is 0 Å². The van der Waals surface area contributed by atoms with Crippen LogP contribution in [0.5, 0.6) is 5.75 Å². The van der Waals surface area contributed by atoms with Crippen molar-refractivity contribution in [1.29, 1.82) is 0 Å². The molecule has 152 valence electrons. The number of carbonyl (C=O) groups is 2. The van der Waals surface area contributed by atoms with Gasteiger partial charge in [0, 0.05) is 6.54 Å². The molecule has 0 radical (unpaired) electrons. The molecule has 2 aromatic rings. The molecule has 1 amide bonds. The third kappa shape index (κ3) is 3.85. The summed E-state index contributed by atoms with van der Waals surface area (Å²) >= 11 is 12.2. The number of aryl methyl sites for hydroxylation is 1. The van der Waals surface area contributed by atoms with Crippen molar-refractivity contribution in [3.63, 3.8) is 0 Å². The lowest BCUT2D eigenvalue weighted by Gasteiger charge is -2.25. The van der Waals surface area contributed by atoms with Crippen LogP contribution in [0.25, 0.3) is 5.76 Å². The molecule has 0 aliphatic carbocycles. The molecule has 5 nitrogen and oxygen atoms in total.